The molecular weight excluding hydrogens is 362 g/mol. The van der Waals surface area contributed by atoms with Crippen molar-refractivity contribution >= 4 is 49.2 Å². The Bertz CT molecular complexity index is 608. The fraction of sp³-hybridized carbons (Fsp3) is 0.333. The summed E-state index contributed by atoms with van der Waals surface area (Å²) < 4.78 is 30.6. The predicted octanol–water partition coefficient (Wildman–Crippen LogP) is 1.05. The summed E-state index contributed by atoms with van der Waals surface area (Å²) in [7, 11) is -2.87. The molecule has 0 radical (unpaired) electrons. The molecule has 0 aliphatic carbocycles. The summed E-state index contributed by atoms with van der Waals surface area (Å²) in [5.74, 6) is -1.97. The Morgan fingerprint density at radius 3 is 2.53 bits per heavy atom. The molecule has 1 aromatic rings. The van der Waals surface area contributed by atoms with Crippen LogP contribution in [0.15, 0.2) is 14.7 Å². The van der Waals surface area contributed by atoms with E-state index in [9.17, 15) is 18.0 Å². The van der Waals surface area contributed by atoms with Crippen molar-refractivity contribution < 1.29 is 27.9 Å². The van der Waals surface area contributed by atoms with Gasteiger partial charge in [-0.3, -0.25) is 4.79 Å². The second-order valence-corrected chi connectivity index (χ2v) is 7.47. The number of carboxylic acid groups (broad SMARTS) is 1. The van der Waals surface area contributed by atoms with Crippen LogP contribution in [0.2, 0.25) is 0 Å². The van der Waals surface area contributed by atoms with Crippen molar-refractivity contribution in [3.05, 3.63) is 14.7 Å². The SMILES string of the molecule is COC(=O)[C@H](C)NS(=O)(=O)c1cc(C(=O)O)sc1Br. The second-order valence-electron chi connectivity index (χ2n) is 3.42. The van der Waals surface area contributed by atoms with E-state index in [1.165, 1.54) is 6.92 Å². The van der Waals surface area contributed by atoms with Crippen LogP contribution in [-0.2, 0) is 19.6 Å². The van der Waals surface area contributed by atoms with Crippen LogP contribution < -0.4 is 4.72 Å². The molecule has 0 saturated carbocycles. The van der Waals surface area contributed by atoms with Crippen LogP contribution in [0.1, 0.15) is 16.6 Å². The minimum Gasteiger partial charge on any atom is -0.477 e. The molecule has 0 bridgehead atoms. The van der Waals surface area contributed by atoms with Gasteiger partial charge in [0.2, 0.25) is 10.0 Å². The van der Waals surface area contributed by atoms with E-state index in [0.29, 0.717) is 0 Å². The van der Waals surface area contributed by atoms with Gasteiger partial charge in [0.15, 0.2) is 0 Å². The molecule has 0 aromatic carbocycles. The molecular formula is C9H10BrNO6S2. The number of hydrogen-bond donors (Lipinski definition) is 2. The Balaban J connectivity index is 3.07. The third kappa shape index (κ3) is 3.75. The first-order valence-corrected chi connectivity index (χ1v) is 7.91. The monoisotopic (exact) mass is 371 g/mol. The summed E-state index contributed by atoms with van der Waals surface area (Å²) in [4.78, 5) is 21.6. The Morgan fingerprint density at radius 1 is 1.53 bits per heavy atom. The van der Waals surface area contributed by atoms with Crippen molar-refractivity contribution in [1.29, 1.82) is 0 Å². The number of carboxylic acids is 1. The molecule has 0 amide bonds. The summed E-state index contributed by atoms with van der Waals surface area (Å²) in [5, 5.41) is 8.80. The first-order chi connectivity index (χ1) is 8.69. The molecule has 2 N–H and O–H groups in total. The quantitative estimate of drug-likeness (QED) is 0.748. The maximum atomic E-state index is 12.0. The first kappa shape index (κ1) is 16.1. The van der Waals surface area contributed by atoms with Crippen molar-refractivity contribution in [3.63, 3.8) is 0 Å². The van der Waals surface area contributed by atoms with Crippen molar-refractivity contribution in [2.45, 2.75) is 17.9 Å². The number of sulfonamides is 1. The lowest BCUT2D eigenvalue weighted by Gasteiger charge is -2.11. The average molecular weight is 372 g/mol. The fourth-order valence-electron chi connectivity index (χ4n) is 1.16. The lowest BCUT2D eigenvalue weighted by molar-refractivity contribution is -0.142. The zero-order valence-corrected chi connectivity index (χ0v) is 13.1. The number of halogens is 1. The van der Waals surface area contributed by atoms with E-state index in [-0.39, 0.29) is 13.6 Å². The number of thiophene rings is 1. The normalized spacial score (nSPS) is 13.0. The van der Waals surface area contributed by atoms with Gasteiger partial charge in [-0.1, -0.05) is 0 Å². The fourth-order valence-corrected chi connectivity index (χ4v) is 4.76. The molecule has 0 aliphatic heterocycles. The van der Waals surface area contributed by atoms with Gasteiger partial charge in [-0.2, -0.15) is 4.72 Å². The summed E-state index contributed by atoms with van der Waals surface area (Å²) in [5.41, 5.74) is 0. The number of hydrogen-bond acceptors (Lipinski definition) is 6. The van der Waals surface area contributed by atoms with Gasteiger partial charge >= 0.3 is 11.9 Å². The van der Waals surface area contributed by atoms with Crippen LogP contribution in [0, 0.1) is 0 Å². The molecule has 106 valence electrons. The molecule has 0 spiro atoms. The van der Waals surface area contributed by atoms with E-state index >= 15 is 0 Å². The number of methoxy groups -OCH3 is 1. The van der Waals surface area contributed by atoms with Crippen LogP contribution in [0.25, 0.3) is 0 Å². The molecule has 1 heterocycles. The highest BCUT2D eigenvalue weighted by molar-refractivity contribution is 9.11. The van der Waals surface area contributed by atoms with Gasteiger partial charge in [0.05, 0.1) is 10.9 Å². The number of carbonyl (C=O) groups is 2. The Kier molecular flexibility index (Phi) is 5.07. The topological polar surface area (TPSA) is 110 Å². The van der Waals surface area contributed by atoms with Gasteiger partial charge < -0.3 is 9.84 Å². The van der Waals surface area contributed by atoms with Gasteiger partial charge in [-0.15, -0.1) is 11.3 Å². The van der Waals surface area contributed by atoms with Gasteiger partial charge in [-0.05, 0) is 28.9 Å². The van der Waals surface area contributed by atoms with Gasteiger partial charge in [-0.25, -0.2) is 13.2 Å². The van der Waals surface area contributed by atoms with Crippen LogP contribution in [-0.4, -0.2) is 38.6 Å². The highest BCUT2D eigenvalue weighted by Gasteiger charge is 2.27. The maximum Gasteiger partial charge on any atom is 0.345 e. The number of nitrogens with one attached hydrogen (secondary N) is 1. The number of rotatable bonds is 5. The van der Waals surface area contributed by atoms with Gasteiger partial charge in [0.1, 0.15) is 15.8 Å². The largest absolute Gasteiger partial charge is 0.477 e. The Hall–Kier alpha value is -0.970. The molecule has 0 unspecified atom stereocenters. The summed E-state index contributed by atoms with van der Waals surface area (Å²) in [6.07, 6.45) is 0. The van der Waals surface area contributed by atoms with Crippen LogP contribution in [0.5, 0.6) is 0 Å². The highest BCUT2D eigenvalue weighted by atomic mass is 79.9. The molecule has 0 saturated heterocycles. The molecule has 1 aromatic heterocycles. The lowest BCUT2D eigenvalue weighted by Crippen LogP contribution is -2.39. The molecule has 1 atom stereocenters. The molecule has 0 fully saturated rings. The van der Waals surface area contributed by atoms with Crippen molar-refractivity contribution in [2.24, 2.45) is 0 Å². The third-order valence-corrected chi connectivity index (χ3v) is 5.82. The van der Waals surface area contributed by atoms with Gasteiger partial charge in [0, 0.05) is 0 Å². The Morgan fingerprint density at radius 2 is 2.11 bits per heavy atom. The smallest absolute Gasteiger partial charge is 0.345 e. The van der Waals surface area contributed by atoms with Crippen LogP contribution >= 0.6 is 27.3 Å². The zero-order valence-electron chi connectivity index (χ0n) is 9.84. The van der Waals surface area contributed by atoms with Crippen molar-refractivity contribution in [2.75, 3.05) is 7.11 Å². The maximum absolute atomic E-state index is 12.0. The van der Waals surface area contributed by atoms with E-state index in [4.69, 9.17) is 5.11 Å². The summed E-state index contributed by atoms with van der Waals surface area (Å²) in [6.45, 7) is 1.32. The summed E-state index contributed by atoms with van der Waals surface area (Å²) in [6, 6.07) is -0.0567. The second kappa shape index (κ2) is 5.99. The molecule has 1 rings (SSSR count). The van der Waals surface area contributed by atoms with E-state index in [1.807, 2.05) is 0 Å². The van der Waals surface area contributed by atoms with Crippen molar-refractivity contribution in [1.82, 2.24) is 4.72 Å². The Labute approximate surface area is 121 Å². The molecule has 7 nitrogen and oxygen atoms in total. The van der Waals surface area contributed by atoms with E-state index in [1.54, 1.807) is 0 Å². The number of aromatic carboxylic acids is 1. The zero-order chi connectivity index (χ0) is 14.8. The minimum atomic E-state index is -4.01. The van der Waals surface area contributed by atoms with Gasteiger partial charge in [0.25, 0.3) is 0 Å². The number of carbonyl (C=O) groups excluding carboxylic acids is 1. The molecule has 0 aliphatic rings. The first-order valence-electron chi connectivity index (χ1n) is 4.82. The number of esters is 1. The van der Waals surface area contributed by atoms with Crippen LogP contribution in [0.4, 0.5) is 0 Å². The van der Waals surface area contributed by atoms with E-state index in [2.05, 4.69) is 25.4 Å². The average Bonchev–Trinajstić information content (AvgIpc) is 2.70. The molecule has 19 heavy (non-hydrogen) atoms. The predicted molar refractivity (Wildman–Crippen MR) is 70.8 cm³/mol. The minimum absolute atomic E-state index is 0.127. The standard InChI is InChI=1S/C9H10BrNO6S2/c1-4(9(14)17-2)11-19(15,16)6-3-5(8(12)13)18-7(6)10/h3-4,11H,1-2H3,(H,12,13)/t4-/m0/s1. The van der Waals surface area contributed by atoms with Crippen molar-refractivity contribution in [3.8, 4) is 0 Å². The van der Waals surface area contributed by atoms with E-state index in [0.717, 1.165) is 24.5 Å². The lowest BCUT2D eigenvalue weighted by atomic mass is 10.4. The van der Waals surface area contributed by atoms with E-state index < -0.39 is 28.0 Å². The highest BCUT2D eigenvalue weighted by Crippen LogP contribution is 2.31. The molecule has 10 heteroatoms. The number of ether oxygens (including phenoxy) is 1. The van der Waals surface area contributed by atoms with Crippen LogP contribution in [0.3, 0.4) is 0 Å². The third-order valence-electron chi connectivity index (χ3n) is 2.04. The summed E-state index contributed by atoms with van der Waals surface area (Å²) >= 11 is 3.76.